The summed E-state index contributed by atoms with van der Waals surface area (Å²) in [5, 5.41) is 7.05. The molecular formula is C21H44N6O. The SMILES string of the molecule is CCNC(=NCC(C(CC)CC)N1CCOCC1)NCC1CN(C)CCN1C. The molecule has 2 fully saturated rings. The van der Waals surface area contributed by atoms with Gasteiger partial charge in [0.1, 0.15) is 0 Å². The molecule has 0 aliphatic carbocycles. The van der Waals surface area contributed by atoms with Crippen molar-refractivity contribution in [2.75, 3.05) is 79.7 Å². The van der Waals surface area contributed by atoms with Crippen molar-refractivity contribution in [2.24, 2.45) is 10.9 Å². The average molecular weight is 397 g/mol. The van der Waals surface area contributed by atoms with E-state index in [-0.39, 0.29) is 0 Å². The van der Waals surface area contributed by atoms with Gasteiger partial charge in [0, 0.05) is 57.9 Å². The summed E-state index contributed by atoms with van der Waals surface area (Å²) in [5.74, 6) is 1.64. The number of hydrogen-bond acceptors (Lipinski definition) is 5. The molecule has 0 spiro atoms. The highest BCUT2D eigenvalue weighted by Crippen LogP contribution is 2.20. The second-order valence-corrected chi connectivity index (χ2v) is 8.29. The Balaban J connectivity index is 1.98. The molecule has 0 amide bonds. The zero-order valence-corrected chi connectivity index (χ0v) is 18.9. The molecule has 0 bridgehead atoms. The smallest absolute Gasteiger partial charge is 0.191 e. The van der Waals surface area contributed by atoms with Gasteiger partial charge in [-0.1, -0.05) is 26.7 Å². The lowest BCUT2D eigenvalue weighted by atomic mass is 9.92. The molecule has 2 heterocycles. The van der Waals surface area contributed by atoms with E-state index in [4.69, 9.17) is 9.73 Å². The van der Waals surface area contributed by atoms with Crippen molar-refractivity contribution in [3.05, 3.63) is 0 Å². The number of nitrogens with one attached hydrogen (secondary N) is 2. The zero-order valence-electron chi connectivity index (χ0n) is 18.9. The largest absolute Gasteiger partial charge is 0.379 e. The molecule has 2 atom stereocenters. The molecule has 164 valence electrons. The van der Waals surface area contributed by atoms with Gasteiger partial charge in [-0.05, 0) is 26.9 Å². The second-order valence-electron chi connectivity index (χ2n) is 8.29. The van der Waals surface area contributed by atoms with E-state index >= 15 is 0 Å². The molecule has 0 aromatic rings. The van der Waals surface area contributed by atoms with Crippen LogP contribution >= 0.6 is 0 Å². The highest BCUT2D eigenvalue weighted by molar-refractivity contribution is 5.79. The Morgan fingerprint density at radius 1 is 1.04 bits per heavy atom. The second kappa shape index (κ2) is 12.6. The van der Waals surface area contributed by atoms with E-state index in [1.165, 1.54) is 12.8 Å². The number of rotatable bonds is 9. The number of piperazine rings is 1. The van der Waals surface area contributed by atoms with Crippen LogP contribution in [0.4, 0.5) is 0 Å². The van der Waals surface area contributed by atoms with Gasteiger partial charge in [0.15, 0.2) is 5.96 Å². The van der Waals surface area contributed by atoms with Gasteiger partial charge in [-0.15, -0.1) is 0 Å². The van der Waals surface area contributed by atoms with Gasteiger partial charge in [-0.3, -0.25) is 14.8 Å². The molecule has 2 rings (SSSR count). The van der Waals surface area contributed by atoms with Crippen LogP contribution in [-0.4, -0.2) is 112 Å². The topological polar surface area (TPSA) is 55.4 Å². The average Bonchev–Trinajstić information content (AvgIpc) is 2.72. The molecule has 0 saturated carbocycles. The number of hydrogen-bond donors (Lipinski definition) is 2. The Kier molecular flexibility index (Phi) is 10.5. The molecule has 2 saturated heterocycles. The van der Waals surface area contributed by atoms with Gasteiger partial charge in [0.25, 0.3) is 0 Å². The quantitative estimate of drug-likeness (QED) is 0.447. The monoisotopic (exact) mass is 396 g/mol. The number of ether oxygens (including phenoxy) is 1. The molecule has 7 heteroatoms. The van der Waals surface area contributed by atoms with Crippen LogP contribution in [0.1, 0.15) is 33.6 Å². The number of likely N-dealkylation sites (N-methyl/N-ethyl adjacent to an activating group) is 2. The Bertz CT molecular complexity index is 450. The minimum atomic E-state index is 0.498. The van der Waals surface area contributed by atoms with E-state index in [0.717, 1.165) is 71.5 Å². The van der Waals surface area contributed by atoms with Gasteiger partial charge in [0.2, 0.25) is 0 Å². The molecule has 7 nitrogen and oxygen atoms in total. The minimum Gasteiger partial charge on any atom is -0.379 e. The van der Waals surface area contributed by atoms with Gasteiger partial charge >= 0.3 is 0 Å². The lowest BCUT2D eigenvalue weighted by molar-refractivity contribution is 0.00395. The van der Waals surface area contributed by atoms with E-state index in [9.17, 15) is 0 Å². The number of morpholine rings is 1. The van der Waals surface area contributed by atoms with Crippen LogP contribution in [0, 0.1) is 5.92 Å². The van der Waals surface area contributed by atoms with Crippen LogP contribution in [0.15, 0.2) is 4.99 Å². The highest BCUT2D eigenvalue weighted by atomic mass is 16.5. The first kappa shape index (κ1) is 23.4. The Hall–Kier alpha value is -0.890. The van der Waals surface area contributed by atoms with Gasteiger partial charge in [-0.25, -0.2) is 0 Å². The number of nitrogens with zero attached hydrogens (tertiary/aromatic N) is 4. The lowest BCUT2D eigenvalue weighted by Gasteiger charge is -2.38. The standard InChI is InChI=1S/C21H44N6O/c1-6-18(7-2)20(27-11-13-28-14-12-27)16-24-21(22-8-3)23-15-19-17-25(4)9-10-26(19)5/h18-20H,6-17H2,1-5H3,(H2,22,23,24). The van der Waals surface area contributed by atoms with E-state index in [0.29, 0.717) is 18.0 Å². The van der Waals surface area contributed by atoms with Crippen LogP contribution in [0.25, 0.3) is 0 Å². The van der Waals surface area contributed by atoms with Gasteiger partial charge in [-0.2, -0.15) is 0 Å². The third kappa shape index (κ3) is 7.17. The molecule has 0 radical (unpaired) electrons. The molecule has 0 aromatic carbocycles. The first-order valence-corrected chi connectivity index (χ1v) is 11.3. The molecule has 2 N–H and O–H groups in total. The fourth-order valence-corrected chi connectivity index (χ4v) is 4.37. The van der Waals surface area contributed by atoms with Crippen LogP contribution in [0.2, 0.25) is 0 Å². The third-order valence-electron chi connectivity index (χ3n) is 6.37. The summed E-state index contributed by atoms with van der Waals surface area (Å²) in [6.07, 6.45) is 2.41. The molecule has 2 unspecified atom stereocenters. The number of aliphatic imine (C=N–C) groups is 1. The van der Waals surface area contributed by atoms with Crippen LogP contribution in [0.5, 0.6) is 0 Å². The minimum absolute atomic E-state index is 0.498. The Morgan fingerprint density at radius 2 is 1.75 bits per heavy atom. The summed E-state index contributed by atoms with van der Waals surface area (Å²) in [6, 6.07) is 1.02. The van der Waals surface area contributed by atoms with E-state index in [1.54, 1.807) is 0 Å². The molecule has 2 aliphatic rings. The summed E-state index contributed by atoms with van der Waals surface area (Å²) in [4.78, 5) is 12.5. The van der Waals surface area contributed by atoms with Gasteiger partial charge in [0.05, 0.1) is 19.8 Å². The van der Waals surface area contributed by atoms with Crippen LogP contribution in [-0.2, 0) is 4.74 Å². The summed E-state index contributed by atoms with van der Waals surface area (Å²) >= 11 is 0. The first-order chi connectivity index (χ1) is 13.6. The normalized spacial score (nSPS) is 24.5. The van der Waals surface area contributed by atoms with Gasteiger partial charge < -0.3 is 20.3 Å². The summed E-state index contributed by atoms with van der Waals surface area (Å²) in [7, 11) is 4.44. The van der Waals surface area contributed by atoms with Crippen molar-refractivity contribution in [3.63, 3.8) is 0 Å². The van der Waals surface area contributed by atoms with Crippen molar-refractivity contribution < 1.29 is 4.74 Å². The van der Waals surface area contributed by atoms with E-state index in [2.05, 4.69) is 60.2 Å². The van der Waals surface area contributed by atoms with Crippen molar-refractivity contribution in [1.29, 1.82) is 0 Å². The molecule has 28 heavy (non-hydrogen) atoms. The molecule has 2 aliphatic heterocycles. The first-order valence-electron chi connectivity index (χ1n) is 11.3. The van der Waals surface area contributed by atoms with Crippen molar-refractivity contribution >= 4 is 5.96 Å². The summed E-state index contributed by atoms with van der Waals surface area (Å²) < 4.78 is 5.57. The maximum Gasteiger partial charge on any atom is 0.191 e. The lowest BCUT2D eigenvalue weighted by Crippen LogP contribution is -2.55. The summed E-state index contributed by atoms with van der Waals surface area (Å²) in [6.45, 7) is 16.6. The van der Waals surface area contributed by atoms with E-state index < -0.39 is 0 Å². The maximum atomic E-state index is 5.57. The van der Waals surface area contributed by atoms with Crippen molar-refractivity contribution in [3.8, 4) is 0 Å². The molecular weight excluding hydrogens is 352 g/mol. The third-order valence-corrected chi connectivity index (χ3v) is 6.37. The number of guanidine groups is 1. The Labute approximate surface area is 172 Å². The highest BCUT2D eigenvalue weighted by Gasteiger charge is 2.27. The maximum absolute atomic E-state index is 5.57. The summed E-state index contributed by atoms with van der Waals surface area (Å²) in [5.41, 5.74) is 0. The van der Waals surface area contributed by atoms with Crippen molar-refractivity contribution in [2.45, 2.75) is 45.7 Å². The Morgan fingerprint density at radius 3 is 2.39 bits per heavy atom. The fourth-order valence-electron chi connectivity index (χ4n) is 4.37. The zero-order chi connectivity index (χ0) is 20.4. The fraction of sp³-hybridized carbons (Fsp3) is 0.952. The van der Waals surface area contributed by atoms with Crippen LogP contribution in [0.3, 0.4) is 0 Å². The van der Waals surface area contributed by atoms with E-state index in [1.807, 2.05) is 0 Å². The predicted octanol–water partition coefficient (Wildman–Crippen LogP) is 0.924. The van der Waals surface area contributed by atoms with Crippen molar-refractivity contribution in [1.82, 2.24) is 25.3 Å². The molecule has 0 aromatic heterocycles. The predicted molar refractivity (Wildman–Crippen MR) is 118 cm³/mol. The van der Waals surface area contributed by atoms with Crippen LogP contribution < -0.4 is 10.6 Å².